The van der Waals surface area contributed by atoms with Crippen LogP contribution in [0.15, 0.2) is 12.1 Å². The number of hydrogen-bond acceptors (Lipinski definition) is 5. The van der Waals surface area contributed by atoms with Crippen molar-refractivity contribution in [3.8, 4) is 0 Å². The fourth-order valence-electron chi connectivity index (χ4n) is 2.60. The standard InChI is InChI=1S/C16H19FN2O5/c1-15(2,3)24-14(21)18-8-16(4,5)10-7-12(19(22)23)11(17)6-9(10)13(18)20/h6-7H,8H2,1-5H3. The van der Waals surface area contributed by atoms with E-state index in [9.17, 15) is 24.1 Å². The largest absolute Gasteiger partial charge is 0.443 e. The molecule has 0 N–H and O–H groups in total. The van der Waals surface area contributed by atoms with Gasteiger partial charge in [0.15, 0.2) is 0 Å². The SMILES string of the molecule is CC(C)(C)OC(=O)N1CC(C)(C)c2cc([N+](=O)[O-])c(F)cc2C1=O. The van der Waals surface area contributed by atoms with Gasteiger partial charge in [0.25, 0.3) is 5.91 Å². The number of carbonyl (C=O) groups is 2. The van der Waals surface area contributed by atoms with Gasteiger partial charge in [-0.05, 0) is 32.4 Å². The summed E-state index contributed by atoms with van der Waals surface area (Å²) in [6.07, 6.45) is -0.829. The van der Waals surface area contributed by atoms with Crippen molar-refractivity contribution >= 4 is 17.7 Å². The molecule has 8 heteroatoms. The summed E-state index contributed by atoms with van der Waals surface area (Å²) >= 11 is 0. The number of halogens is 1. The summed E-state index contributed by atoms with van der Waals surface area (Å²) in [5.41, 5.74) is -2.00. The Kier molecular flexibility index (Phi) is 4.12. The maximum Gasteiger partial charge on any atom is 0.417 e. The number of carbonyl (C=O) groups excluding carboxylic acids is 2. The zero-order valence-electron chi connectivity index (χ0n) is 14.2. The van der Waals surface area contributed by atoms with Gasteiger partial charge in [-0.3, -0.25) is 14.9 Å². The molecule has 1 aliphatic heterocycles. The Bertz CT molecular complexity index is 737. The maximum atomic E-state index is 13.9. The molecule has 24 heavy (non-hydrogen) atoms. The Morgan fingerprint density at radius 3 is 2.46 bits per heavy atom. The highest BCUT2D eigenvalue weighted by Gasteiger charge is 2.42. The zero-order chi connectivity index (χ0) is 18.4. The van der Waals surface area contributed by atoms with Crippen molar-refractivity contribution in [2.24, 2.45) is 0 Å². The van der Waals surface area contributed by atoms with E-state index in [4.69, 9.17) is 4.74 Å². The van der Waals surface area contributed by atoms with Crippen LogP contribution in [0.2, 0.25) is 0 Å². The number of fused-ring (bicyclic) bond motifs is 1. The smallest absolute Gasteiger partial charge is 0.417 e. The average molecular weight is 338 g/mol. The summed E-state index contributed by atoms with van der Waals surface area (Å²) in [6.45, 7) is 8.43. The summed E-state index contributed by atoms with van der Waals surface area (Å²) < 4.78 is 19.1. The maximum absolute atomic E-state index is 13.9. The number of nitro groups is 1. The number of ether oxygens (including phenoxy) is 1. The summed E-state index contributed by atoms with van der Waals surface area (Å²) in [5, 5.41) is 10.9. The van der Waals surface area contributed by atoms with Crippen molar-refractivity contribution in [1.82, 2.24) is 4.90 Å². The molecule has 1 heterocycles. The molecule has 7 nitrogen and oxygen atoms in total. The Labute approximate surface area is 138 Å². The second kappa shape index (κ2) is 5.54. The molecule has 0 aromatic heterocycles. The number of nitro benzene ring substituents is 1. The predicted octanol–water partition coefficient (Wildman–Crippen LogP) is 3.40. The molecule has 0 bridgehead atoms. The summed E-state index contributed by atoms with van der Waals surface area (Å²) in [6, 6.07) is 1.88. The lowest BCUT2D eigenvalue weighted by Gasteiger charge is -2.38. The van der Waals surface area contributed by atoms with E-state index in [-0.39, 0.29) is 12.1 Å². The van der Waals surface area contributed by atoms with Crippen LogP contribution in [0.3, 0.4) is 0 Å². The molecule has 0 radical (unpaired) electrons. The van der Waals surface area contributed by atoms with E-state index in [2.05, 4.69) is 0 Å². The first kappa shape index (κ1) is 17.8. The molecule has 0 saturated carbocycles. The lowest BCUT2D eigenvalue weighted by atomic mass is 9.78. The van der Waals surface area contributed by atoms with Crippen molar-refractivity contribution in [2.75, 3.05) is 6.54 Å². The second-order valence-electron chi connectivity index (χ2n) is 7.36. The van der Waals surface area contributed by atoms with Crippen LogP contribution < -0.4 is 0 Å². The highest BCUT2D eigenvalue weighted by molar-refractivity contribution is 6.05. The van der Waals surface area contributed by atoms with Gasteiger partial charge in [0.2, 0.25) is 5.82 Å². The molecule has 0 unspecified atom stereocenters. The quantitative estimate of drug-likeness (QED) is 0.578. The molecule has 0 atom stereocenters. The Morgan fingerprint density at radius 2 is 1.96 bits per heavy atom. The molecule has 0 spiro atoms. The lowest BCUT2D eigenvalue weighted by molar-refractivity contribution is -0.387. The van der Waals surface area contributed by atoms with Gasteiger partial charge >= 0.3 is 11.8 Å². The van der Waals surface area contributed by atoms with Crippen LogP contribution in [-0.2, 0) is 10.2 Å². The van der Waals surface area contributed by atoms with Crippen molar-refractivity contribution in [3.63, 3.8) is 0 Å². The Morgan fingerprint density at radius 1 is 1.38 bits per heavy atom. The van der Waals surface area contributed by atoms with Gasteiger partial charge in [0.05, 0.1) is 4.92 Å². The molecular weight excluding hydrogens is 319 g/mol. The number of amides is 2. The fourth-order valence-corrected chi connectivity index (χ4v) is 2.60. The van der Waals surface area contributed by atoms with Crippen molar-refractivity contribution < 1.29 is 23.6 Å². The molecule has 130 valence electrons. The predicted molar refractivity (Wildman–Crippen MR) is 83.4 cm³/mol. The Balaban J connectivity index is 2.51. The van der Waals surface area contributed by atoms with Crippen molar-refractivity contribution in [3.05, 3.63) is 39.2 Å². The van der Waals surface area contributed by atoms with E-state index in [1.165, 1.54) is 0 Å². The molecule has 1 aliphatic rings. The molecule has 1 aromatic carbocycles. The molecule has 0 aliphatic carbocycles. The number of benzene rings is 1. The third-order valence-corrected chi connectivity index (χ3v) is 3.66. The molecular formula is C16H19FN2O5. The van der Waals surface area contributed by atoms with Gasteiger partial charge in [-0.1, -0.05) is 13.8 Å². The number of rotatable bonds is 1. The van der Waals surface area contributed by atoms with E-state index in [0.29, 0.717) is 5.56 Å². The molecule has 2 rings (SSSR count). The third kappa shape index (κ3) is 3.22. The first-order valence-corrected chi connectivity index (χ1v) is 7.37. The minimum atomic E-state index is -1.12. The minimum Gasteiger partial charge on any atom is -0.443 e. The van der Waals surface area contributed by atoms with Gasteiger partial charge in [-0.15, -0.1) is 0 Å². The van der Waals surface area contributed by atoms with Gasteiger partial charge in [0, 0.05) is 23.6 Å². The third-order valence-electron chi connectivity index (χ3n) is 3.66. The van der Waals surface area contributed by atoms with Crippen LogP contribution in [0.1, 0.15) is 50.5 Å². The molecule has 0 fully saturated rings. The van der Waals surface area contributed by atoms with Crippen LogP contribution in [0.5, 0.6) is 0 Å². The van der Waals surface area contributed by atoms with E-state index < -0.39 is 39.4 Å². The van der Waals surface area contributed by atoms with Gasteiger partial charge < -0.3 is 4.74 Å². The summed E-state index contributed by atoms with van der Waals surface area (Å²) in [4.78, 5) is 35.8. The van der Waals surface area contributed by atoms with Crippen molar-refractivity contribution in [1.29, 1.82) is 0 Å². The average Bonchev–Trinajstić information content (AvgIpc) is 2.40. The van der Waals surface area contributed by atoms with E-state index in [0.717, 1.165) is 17.0 Å². The highest BCUT2D eigenvalue weighted by atomic mass is 19.1. The number of hydrogen-bond donors (Lipinski definition) is 0. The van der Waals surface area contributed by atoms with Crippen molar-refractivity contribution in [2.45, 2.75) is 45.6 Å². The van der Waals surface area contributed by atoms with Crippen LogP contribution in [0, 0.1) is 15.9 Å². The monoisotopic (exact) mass is 338 g/mol. The highest BCUT2D eigenvalue weighted by Crippen LogP contribution is 2.37. The summed E-state index contributed by atoms with van der Waals surface area (Å²) in [7, 11) is 0. The molecule has 0 saturated heterocycles. The summed E-state index contributed by atoms with van der Waals surface area (Å²) in [5.74, 6) is -1.85. The fraction of sp³-hybridized carbons (Fsp3) is 0.500. The minimum absolute atomic E-state index is 0.0173. The molecule has 1 aromatic rings. The lowest BCUT2D eigenvalue weighted by Crippen LogP contribution is -2.51. The first-order valence-electron chi connectivity index (χ1n) is 7.37. The van der Waals surface area contributed by atoms with E-state index in [1.807, 2.05) is 0 Å². The topological polar surface area (TPSA) is 89.8 Å². The van der Waals surface area contributed by atoms with E-state index >= 15 is 0 Å². The first-order chi connectivity index (χ1) is 10.8. The number of imide groups is 1. The normalized spacial score (nSPS) is 16.6. The van der Waals surface area contributed by atoms with Crippen LogP contribution in [-0.4, -0.2) is 34.0 Å². The van der Waals surface area contributed by atoms with Crippen LogP contribution in [0.25, 0.3) is 0 Å². The van der Waals surface area contributed by atoms with Crippen LogP contribution in [0.4, 0.5) is 14.9 Å². The second-order valence-corrected chi connectivity index (χ2v) is 7.36. The van der Waals surface area contributed by atoms with Gasteiger partial charge in [-0.25, -0.2) is 9.69 Å². The number of nitrogens with zero attached hydrogens (tertiary/aromatic N) is 2. The molecule has 2 amide bonds. The zero-order valence-corrected chi connectivity index (χ0v) is 14.2. The van der Waals surface area contributed by atoms with Gasteiger partial charge in [0.1, 0.15) is 5.60 Å². The van der Waals surface area contributed by atoms with Crippen LogP contribution >= 0.6 is 0 Å². The Hall–Kier alpha value is -2.51. The van der Waals surface area contributed by atoms with Gasteiger partial charge in [-0.2, -0.15) is 4.39 Å². The van der Waals surface area contributed by atoms with E-state index in [1.54, 1.807) is 34.6 Å².